The van der Waals surface area contributed by atoms with E-state index in [1.165, 1.54) is 18.9 Å². The molecule has 154 valence electrons. The summed E-state index contributed by atoms with van der Waals surface area (Å²) in [5, 5.41) is 13.5. The number of carbonyl (C=O) groups is 1. The lowest BCUT2D eigenvalue weighted by atomic mass is 10.2. The molecule has 30 heavy (non-hydrogen) atoms. The monoisotopic (exact) mass is 424 g/mol. The van der Waals surface area contributed by atoms with E-state index in [1.807, 2.05) is 6.07 Å². The van der Waals surface area contributed by atoms with Gasteiger partial charge in [0, 0.05) is 22.9 Å². The van der Waals surface area contributed by atoms with E-state index in [0.29, 0.717) is 39.3 Å². The van der Waals surface area contributed by atoms with Gasteiger partial charge in [-0.15, -0.1) is 0 Å². The summed E-state index contributed by atoms with van der Waals surface area (Å²) in [5.74, 6) is 1.89. The quantitative estimate of drug-likeness (QED) is 0.327. The van der Waals surface area contributed by atoms with Gasteiger partial charge < -0.3 is 19.5 Å². The van der Waals surface area contributed by atoms with E-state index in [0.717, 1.165) is 11.1 Å². The van der Waals surface area contributed by atoms with Crippen molar-refractivity contribution in [2.24, 2.45) is 0 Å². The van der Waals surface area contributed by atoms with Crippen LogP contribution in [0.25, 0.3) is 10.9 Å². The van der Waals surface area contributed by atoms with Crippen molar-refractivity contribution in [2.45, 2.75) is 11.6 Å². The Hall–Kier alpha value is -3.51. The Balaban J connectivity index is 2.01. The fraction of sp³-hybridized carbons (Fsp3) is 0.238. The highest BCUT2D eigenvalue weighted by molar-refractivity contribution is 7.99. The average molecular weight is 424 g/mol. The minimum absolute atomic E-state index is 0.257. The number of anilines is 2. The molecule has 1 heterocycles. The number of hydrogen-bond donors (Lipinski definition) is 1. The van der Waals surface area contributed by atoms with Crippen LogP contribution in [0.5, 0.6) is 11.5 Å². The van der Waals surface area contributed by atoms with Gasteiger partial charge in [0.15, 0.2) is 16.7 Å². The van der Waals surface area contributed by atoms with Crippen molar-refractivity contribution in [3.63, 3.8) is 0 Å². The molecule has 1 aromatic heterocycles. The van der Waals surface area contributed by atoms with Crippen LogP contribution in [0, 0.1) is 11.3 Å². The molecule has 3 rings (SSSR count). The van der Waals surface area contributed by atoms with Gasteiger partial charge in [-0.25, -0.2) is 9.97 Å². The number of fused-ring (bicyclic) bond motifs is 1. The number of nitrogens with zero attached hydrogens (tertiary/aromatic N) is 3. The fourth-order valence-electron chi connectivity index (χ4n) is 2.69. The van der Waals surface area contributed by atoms with Gasteiger partial charge in [-0.05, 0) is 30.3 Å². The molecule has 8 nitrogen and oxygen atoms in total. The Morgan fingerprint density at radius 1 is 1.10 bits per heavy atom. The molecule has 0 spiro atoms. The maximum absolute atomic E-state index is 11.4. The second kappa shape index (κ2) is 9.80. The van der Waals surface area contributed by atoms with Crippen molar-refractivity contribution < 1.29 is 19.0 Å². The smallest absolute Gasteiger partial charge is 0.306 e. The maximum Gasteiger partial charge on any atom is 0.306 e. The molecule has 0 saturated heterocycles. The third kappa shape index (κ3) is 4.90. The normalized spacial score (nSPS) is 10.3. The van der Waals surface area contributed by atoms with Crippen LogP contribution in [0.4, 0.5) is 11.5 Å². The summed E-state index contributed by atoms with van der Waals surface area (Å²) in [4.78, 5) is 20.6. The van der Waals surface area contributed by atoms with E-state index in [9.17, 15) is 4.79 Å². The standard InChI is InChI=1S/C21H20N4O4S/c1-27-17-10-15-16(11-18(17)28-2)24-21(30-9-8-19(26)29-3)25-20(15)23-14-6-4-13(12-22)5-7-14/h4-7,10-11H,8-9H2,1-3H3,(H,23,24,25). The number of thioether (sulfide) groups is 1. The average Bonchev–Trinajstić information content (AvgIpc) is 2.78. The van der Waals surface area contributed by atoms with Crippen molar-refractivity contribution in [2.75, 3.05) is 32.4 Å². The molecule has 1 N–H and O–H groups in total. The highest BCUT2D eigenvalue weighted by Gasteiger charge is 2.14. The first kappa shape index (κ1) is 21.2. The highest BCUT2D eigenvalue weighted by Crippen LogP contribution is 2.36. The number of benzene rings is 2. The van der Waals surface area contributed by atoms with E-state index in [1.54, 1.807) is 44.6 Å². The lowest BCUT2D eigenvalue weighted by Gasteiger charge is -2.14. The molecule has 0 atom stereocenters. The summed E-state index contributed by atoms with van der Waals surface area (Å²) >= 11 is 1.35. The van der Waals surface area contributed by atoms with Crippen molar-refractivity contribution in [1.82, 2.24) is 9.97 Å². The van der Waals surface area contributed by atoms with Crippen LogP contribution in [0.1, 0.15) is 12.0 Å². The zero-order valence-electron chi connectivity index (χ0n) is 16.8. The molecule has 0 fully saturated rings. The number of esters is 1. The summed E-state index contributed by atoms with van der Waals surface area (Å²) in [6.07, 6.45) is 0.257. The van der Waals surface area contributed by atoms with Crippen molar-refractivity contribution in [3.05, 3.63) is 42.0 Å². The number of ether oxygens (including phenoxy) is 3. The van der Waals surface area contributed by atoms with Gasteiger partial charge in [0.2, 0.25) is 0 Å². The Bertz CT molecular complexity index is 1100. The zero-order chi connectivity index (χ0) is 21.5. The molecule has 0 radical (unpaired) electrons. The second-order valence-corrected chi connectivity index (χ2v) is 7.13. The molecule has 0 aliphatic heterocycles. The Morgan fingerprint density at radius 2 is 1.80 bits per heavy atom. The van der Waals surface area contributed by atoms with Crippen LogP contribution in [-0.2, 0) is 9.53 Å². The molecule has 0 saturated carbocycles. The zero-order valence-corrected chi connectivity index (χ0v) is 17.6. The number of aromatic nitrogens is 2. The molecule has 3 aromatic rings. The van der Waals surface area contributed by atoms with Crippen LogP contribution >= 0.6 is 11.8 Å². The molecule has 0 aliphatic rings. The molecule has 2 aromatic carbocycles. The molecule has 0 unspecified atom stereocenters. The first-order valence-electron chi connectivity index (χ1n) is 8.98. The topological polar surface area (TPSA) is 106 Å². The lowest BCUT2D eigenvalue weighted by Crippen LogP contribution is -2.03. The Labute approximate surface area is 178 Å². The van der Waals surface area contributed by atoms with Crippen molar-refractivity contribution >= 4 is 40.1 Å². The summed E-state index contributed by atoms with van der Waals surface area (Å²) < 4.78 is 15.5. The Morgan fingerprint density at radius 3 is 2.43 bits per heavy atom. The number of rotatable bonds is 8. The van der Waals surface area contributed by atoms with Crippen LogP contribution in [0.3, 0.4) is 0 Å². The van der Waals surface area contributed by atoms with E-state index in [-0.39, 0.29) is 12.4 Å². The fourth-order valence-corrected chi connectivity index (χ4v) is 3.46. The molecule has 0 amide bonds. The SMILES string of the molecule is COC(=O)CCSc1nc(Nc2ccc(C#N)cc2)c2cc(OC)c(OC)cc2n1. The summed E-state index contributed by atoms with van der Waals surface area (Å²) in [7, 11) is 4.49. The maximum atomic E-state index is 11.4. The third-order valence-corrected chi connectivity index (χ3v) is 5.07. The molecular formula is C21H20N4O4S. The van der Waals surface area contributed by atoms with Gasteiger partial charge in [0.25, 0.3) is 0 Å². The van der Waals surface area contributed by atoms with Crippen LogP contribution in [0.2, 0.25) is 0 Å². The van der Waals surface area contributed by atoms with Crippen LogP contribution in [0.15, 0.2) is 41.6 Å². The lowest BCUT2D eigenvalue weighted by molar-refractivity contribution is -0.140. The number of hydrogen-bond acceptors (Lipinski definition) is 9. The Kier molecular flexibility index (Phi) is 6.93. The summed E-state index contributed by atoms with van der Waals surface area (Å²) in [6.45, 7) is 0. The van der Waals surface area contributed by atoms with Crippen molar-refractivity contribution in [3.8, 4) is 17.6 Å². The van der Waals surface area contributed by atoms with E-state index >= 15 is 0 Å². The molecule has 0 bridgehead atoms. The summed E-state index contributed by atoms with van der Waals surface area (Å²) in [6, 6.07) is 12.7. The largest absolute Gasteiger partial charge is 0.493 e. The van der Waals surface area contributed by atoms with E-state index in [4.69, 9.17) is 14.7 Å². The van der Waals surface area contributed by atoms with Crippen LogP contribution < -0.4 is 14.8 Å². The predicted molar refractivity (Wildman–Crippen MR) is 114 cm³/mol. The first-order valence-corrected chi connectivity index (χ1v) is 9.97. The van der Waals surface area contributed by atoms with Gasteiger partial charge in [-0.1, -0.05) is 11.8 Å². The number of nitrogens with one attached hydrogen (secondary N) is 1. The summed E-state index contributed by atoms with van der Waals surface area (Å²) in [5.41, 5.74) is 2.01. The molecule has 0 aliphatic carbocycles. The van der Waals surface area contributed by atoms with Gasteiger partial charge in [-0.3, -0.25) is 4.79 Å². The number of nitriles is 1. The minimum atomic E-state index is -0.286. The van der Waals surface area contributed by atoms with Gasteiger partial charge >= 0.3 is 5.97 Å². The second-order valence-electron chi connectivity index (χ2n) is 6.07. The molecular weight excluding hydrogens is 404 g/mol. The highest BCUT2D eigenvalue weighted by atomic mass is 32.2. The van der Waals surface area contributed by atoms with Gasteiger partial charge in [0.05, 0.1) is 44.9 Å². The molecule has 9 heteroatoms. The predicted octanol–water partition coefficient (Wildman–Crippen LogP) is 3.92. The van der Waals surface area contributed by atoms with Gasteiger partial charge in [-0.2, -0.15) is 5.26 Å². The first-order chi connectivity index (χ1) is 14.6. The minimum Gasteiger partial charge on any atom is -0.493 e. The number of methoxy groups -OCH3 is 3. The number of carbonyl (C=O) groups excluding carboxylic acids is 1. The van der Waals surface area contributed by atoms with E-state index in [2.05, 4.69) is 26.1 Å². The van der Waals surface area contributed by atoms with E-state index < -0.39 is 0 Å². The van der Waals surface area contributed by atoms with Gasteiger partial charge in [0.1, 0.15) is 5.82 Å². The van der Waals surface area contributed by atoms with Crippen molar-refractivity contribution in [1.29, 1.82) is 5.26 Å². The van der Waals surface area contributed by atoms with Crippen LogP contribution in [-0.4, -0.2) is 43.0 Å². The third-order valence-electron chi connectivity index (χ3n) is 4.22.